The first-order valence-corrected chi connectivity index (χ1v) is 6.83. The Bertz CT molecular complexity index is 409. The zero-order chi connectivity index (χ0) is 14.3. The Morgan fingerprint density at radius 3 is 2.32 bits per heavy atom. The van der Waals surface area contributed by atoms with Crippen LogP contribution in [-0.2, 0) is 9.53 Å². The lowest BCUT2D eigenvalue weighted by Crippen LogP contribution is -2.31. The van der Waals surface area contributed by atoms with Gasteiger partial charge in [-0.05, 0) is 12.3 Å². The number of ketones is 1. The standard InChI is InChI=1S/C16H22O3/c1-4-5-11-19-16(18)14(12(2)3)15(17)13-9-7-6-8-10-13/h6-10,12,14H,4-5,11H2,1-3H3. The van der Waals surface area contributed by atoms with Crippen LogP contribution in [0.2, 0.25) is 0 Å². The van der Waals surface area contributed by atoms with Crippen LogP contribution >= 0.6 is 0 Å². The van der Waals surface area contributed by atoms with Crippen LogP contribution in [0.4, 0.5) is 0 Å². The van der Waals surface area contributed by atoms with Crippen LogP contribution in [-0.4, -0.2) is 18.4 Å². The van der Waals surface area contributed by atoms with Gasteiger partial charge in [-0.3, -0.25) is 9.59 Å². The van der Waals surface area contributed by atoms with Crippen LogP contribution in [0.3, 0.4) is 0 Å². The smallest absolute Gasteiger partial charge is 0.317 e. The number of hydrogen-bond acceptors (Lipinski definition) is 3. The molecular formula is C16H22O3. The van der Waals surface area contributed by atoms with Gasteiger partial charge in [-0.1, -0.05) is 57.5 Å². The van der Waals surface area contributed by atoms with Crippen molar-refractivity contribution in [1.82, 2.24) is 0 Å². The minimum absolute atomic E-state index is 0.0677. The largest absolute Gasteiger partial charge is 0.465 e. The monoisotopic (exact) mass is 262 g/mol. The predicted octanol–water partition coefficient (Wildman–Crippen LogP) is 3.48. The van der Waals surface area contributed by atoms with Gasteiger partial charge in [0, 0.05) is 5.56 Å². The first-order chi connectivity index (χ1) is 9.07. The van der Waals surface area contributed by atoms with Crippen molar-refractivity contribution in [2.75, 3.05) is 6.61 Å². The Balaban J connectivity index is 2.77. The molecular weight excluding hydrogens is 240 g/mol. The zero-order valence-electron chi connectivity index (χ0n) is 11.9. The molecule has 1 unspecified atom stereocenters. The lowest BCUT2D eigenvalue weighted by atomic mass is 9.88. The maximum atomic E-state index is 12.4. The number of unbranched alkanes of at least 4 members (excludes halogenated alkanes) is 1. The predicted molar refractivity (Wildman–Crippen MR) is 75.0 cm³/mol. The molecule has 0 aromatic heterocycles. The summed E-state index contributed by atoms with van der Waals surface area (Å²) in [6.07, 6.45) is 1.79. The fourth-order valence-corrected chi connectivity index (χ4v) is 1.87. The number of rotatable bonds is 7. The SMILES string of the molecule is CCCCOC(=O)C(C(=O)c1ccccc1)C(C)C. The van der Waals surface area contributed by atoms with E-state index in [9.17, 15) is 9.59 Å². The summed E-state index contributed by atoms with van der Waals surface area (Å²) in [5.41, 5.74) is 0.564. The van der Waals surface area contributed by atoms with E-state index in [1.807, 2.05) is 26.8 Å². The van der Waals surface area contributed by atoms with E-state index in [0.717, 1.165) is 12.8 Å². The third kappa shape index (κ3) is 4.51. The van der Waals surface area contributed by atoms with Gasteiger partial charge in [0.05, 0.1) is 6.61 Å². The molecule has 0 N–H and O–H groups in total. The van der Waals surface area contributed by atoms with Crippen LogP contribution in [0, 0.1) is 11.8 Å². The summed E-state index contributed by atoms with van der Waals surface area (Å²) in [5, 5.41) is 0. The number of Topliss-reactive ketones (excluding diaryl/α,β-unsaturated/α-hetero) is 1. The molecule has 0 aliphatic rings. The quantitative estimate of drug-likeness (QED) is 0.327. The number of ether oxygens (including phenoxy) is 1. The van der Waals surface area contributed by atoms with Crippen LogP contribution in [0.5, 0.6) is 0 Å². The van der Waals surface area contributed by atoms with Gasteiger partial charge in [-0.15, -0.1) is 0 Å². The van der Waals surface area contributed by atoms with Crippen LogP contribution < -0.4 is 0 Å². The van der Waals surface area contributed by atoms with Gasteiger partial charge in [-0.2, -0.15) is 0 Å². The second kappa shape index (κ2) is 7.72. The molecule has 1 rings (SSSR count). The highest BCUT2D eigenvalue weighted by Crippen LogP contribution is 2.19. The van der Waals surface area contributed by atoms with Crippen molar-refractivity contribution in [2.24, 2.45) is 11.8 Å². The number of hydrogen-bond donors (Lipinski definition) is 0. The Morgan fingerprint density at radius 2 is 1.79 bits per heavy atom. The summed E-state index contributed by atoms with van der Waals surface area (Å²) in [6.45, 7) is 6.16. The molecule has 3 heteroatoms. The molecule has 0 saturated heterocycles. The highest BCUT2D eigenvalue weighted by molar-refractivity contribution is 6.08. The van der Waals surface area contributed by atoms with E-state index in [4.69, 9.17) is 4.74 Å². The summed E-state index contributed by atoms with van der Waals surface area (Å²) in [4.78, 5) is 24.4. The van der Waals surface area contributed by atoms with Crippen molar-refractivity contribution in [3.8, 4) is 0 Å². The molecule has 1 aromatic carbocycles. The van der Waals surface area contributed by atoms with E-state index in [-0.39, 0.29) is 11.7 Å². The summed E-state index contributed by atoms with van der Waals surface area (Å²) in [5.74, 6) is -1.34. The van der Waals surface area contributed by atoms with Gasteiger partial charge < -0.3 is 4.74 Å². The Morgan fingerprint density at radius 1 is 1.16 bits per heavy atom. The number of carbonyl (C=O) groups is 2. The van der Waals surface area contributed by atoms with Crippen molar-refractivity contribution in [1.29, 1.82) is 0 Å². The van der Waals surface area contributed by atoms with Gasteiger partial charge in [0.25, 0.3) is 0 Å². The summed E-state index contributed by atoms with van der Waals surface area (Å²) < 4.78 is 5.19. The van der Waals surface area contributed by atoms with Crippen molar-refractivity contribution >= 4 is 11.8 Å². The molecule has 104 valence electrons. The molecule has 0 bridgehead atoms. The number of benzene rings is 1. The van der Waals surface area contributed by atoms with E-state index in [1.54, 1.807) is 24.3 Å². The number of carbonyl (C=O) groups excluding carboxylic acids is 2. The average molecular weight is 262 g/mol. The second-order valence-electron chi connectivity index (χ2n) is 4.97. The first kappa shape index (κ1) is 15.4. The van der Waals surface area contributed by atoms with E-state index in [0.29, 0.717) is 12.2 Å². The van der Waals surface area contributed by atoms with Gasteiger partial charge in [0.1, 0.15) is 5.92 Å². The molecule has 0 amide bonds. The van der Waals surface area contributed by atoms with Gasteiger partial charge >= 0.3 is 5.97 Å². The van der Waals surface area contributed by atoms with Crippen molar-refractivity contribution in [3.63, 3.8) is 0 Å². The van der Waals surface area contributed by atoms with Crippen LogP contribution in [0.15, 0.2) is 30.3 Å². The minimum Gasteiger partial charge on any atom is -0.465 e. The van der Waals surface area contributed by atoms with Crippen molar-refractivity contribution in [2.45, 2.75) is 33.6 Å². The Hall–Kier alpha value is -1.64. The first-order valence-electron chi connectivity index (χ1n) is 6.83. The van der Waals surface area contributed by atoms with Gasteiger partial charge in [0.2, 0.25) is 0 Å². The van der Waals surface area contributed by atoms with Crippen LogP contribution in [0.25, 0.3) is 0 Å². The van der Waals surface area contributed by atoms with Crippen molar-refractivity contribution < 1.29 is 14.3 Å². The molecule has 0 saturated carbocycles. The van der Waals surface area contributed by atoms with E-state index in [2.05, 4.69) is 0 Å². The van der Waals surface area contributed by atoms with E-state index >= 15 is 0 Å². The topological polar surface area (TPSA) is 43.4 Å². The molecule has 1 aromatic rings. The molecule has 1 atom stereocenters. The maximum Gasteiger partial charge on any atom is 0.317 e. The maximum absolute atomic E-state index is 12.4. The van der Waals surface area contributed by atoms with Crippen LogP contribution in [0.1, 0.15) is 44.0 Å². The molecule has 0 spiro atoms. The molecule has 3 nitrogen and oxygen atoms in total. The van der Waals surface area contributed by atoms with Gasteiger partial charge in [-0.25, -0.2) is 0 Å². The molecule has 0 heterocycles. The molecule has 0 fully saturated rings. The third-order valence-corrected chi connectivity index (χ3v) is 3.00. The second-order valence-corrected chi connectivity index (χ2v) is 4.97. The zero-order valence-corrected chi connectivity index (χ0v) is 11.9. The minimum atomic E-state index is -0.709. The average Bonchev–Trinajstić information content (AvgIpc) is 2.39. The molecule has 0 aliphatic heterocycles. The lowest BCUT2D eigenvalue weighted by molar-refractivity contribution is -0.148. The summed E-state index contributed by atoms with van der Waals surface area (Å²) in [6, 6.07) is 8.91. The summed E-state index contributed by atoms with van der Waals surface area (Å²) >= 11 is 0. The number of esters is 1. The molecule has 0 radical (unpaired) electrons. The van der Waals surface area contributed by atoms with Crippen molar-refractivity contribution in [3.05, 3.63) is 35.9 Å². The highest BCUT2D eigenvalue weighted by atomic mass is 16.5. The normalized spacial score (nSPS) is 12.2. The Kier molecular flexibility index (Phi) is 6.26. The third-order valence-electron chi connectivity index (χ3n) is 3.00. The lowest BCUT2D eigenvalue weighted by Gasteiger charge is -2.18. The van der Waals surface area contributed by atoms with E-state index in [1.165, 1.54) is 0 Å². The van der Waals surface area contributed by atoms with E-state index < -0.39 is 11.9 Å². The van der Waals surface area contributed by atoms with Gasteiger partial charge in [0.15, 0.2) is 5.78 Å². The highest BCUT2D eigenvalue weighted by Gasteiger charge is 2.31. The summed E-state index contributed by atoms with van der Waals surface area (Å²) in [7, 11) is 0. The molecule has 0 aliphatic carbocycles. The molecule has 19 heavy (non-hydrogen) atoms. The fourth-order valence-electron chi connectivity index (χ4n) is 1.87. The Labute approximate surface area is 115 Å². The fraction of sp³-hybridized carbons (Fsp3) is 0.500.